The number of H-pyrrole nitrogens is 1. The van der Waals surface area contributed by atoms with Crippen molar-refractivity contribution in [2.24, 2.45) is 0 Å². The highest BCUT2D eigenvalue weighted by Crippen LogP contribution is 2.35. The molecule has 1 heterocycles. The Morgan fingerprint density at radius 3 is 2.71 bits per heavy atom. The highest BCUT2D eigenvalue weighted by Gasteiger charge is 2.33. The van der Waals surface area contributed by atoms with Gasteiger partial charge in [0.05, 0.1) is 11.6 Å². The van der Waals surface area contributed by atoms with Crippen LogP contribution in [0.1, 0.15) is 34.7 Å². The van der Waals surface area contributed by atoms with Gasteiger partial charge in [0.1, 0.15) is 0 Å². The molecular weight excluding hydrogens is 355 g/mol. The van der Waals surface area contributed by atoms with Crippen LogP contribution in [-0.4, -0.2) is 26.5 Å². The number of alkyl halides is 3. The smallest absolute Gasteiger partial charge is 0.342 e. The lowest BCUT2D eigenvalue weighted by Gasteiger charge is -2.13. The maximum absolute atomic E-state index is 12.8. The van der Waals surface area contributed by atoms with E-state index in [1.54, 1.807) is 6.92 Å². The molecule has 0 saturated carbocycles. The number of nitrogens with one attached hydrogen (secondary N) is 2. The molecule has 1 unspecified atom stereocenters. The van der Waals surface area contributed by atoms with Crippen molar-refractivity contribution < 1.29 is 18.0 Å². The van der Waals surface area contributed by atoms with Crippen molar-refractivity contribution in [2.75, 3.05) is 0 Å². The van der Waals surface area contributed by atoms with Crippen LogP contribution in [0, 0.1) is 0 Å². The predicted molar refractivity (Wildman–Crippen MR) is 69.2 cm³/mol. The number of hydrogen-bond donors (Lipinski definition) is 2. The number of benzene rings is 1. The molecule has 2 N–H and O–H groups in total. The molecule has 6 nitrogen and oxygen atoms in total. The second kappa shape index (κ2) is 5.80. The highest BCUT2D eigenvalue weighted by molar-refractivity contribution is 9.10. The van der Waals surface area contributed by atoms with Crippen LogP contribution in [0.4, 0.5) is 13.2 Å². The molecule has 21 heavy (non-hydrogen) atoms. The van der Waals surface area contributed by atoms with Gasteiger partial charge < -0.3 is 5.32 Å². The highest BCUT2D eigenvalue weighted by atomic mass is 79.9. The number of amides is 1. The van der Waals surface area contributed by atoms with E-state index in [0.717, 1.165) is 6.07 Å². The minimum absolute atomic E-state index is 0.110. The molecule has 0 fully saturated rings. The lowest BCUT2D eigenvalue weighted by molar-refractivity contribution is -0.138. The van der Waals surface area contributed by atoms with Crippen molar-refractivity contribution in [3.8, 4) is 0 Å². The SMILES string of the molecule is CC(NC(=O)c1ccc(Br)c(C(F)(F)F)c1)c1nn[nH]n1. The second-order valence-corrected chi connectivity index (χ2v) is 5.01. The Hall–Kier alpha value is -1.97. The summed E-state index contributed by atoms with van der Waals surface area (Å²) in [6.45, 7) is 1.59. The predicted octanol–water partition coefficient (Wildman–Crippen LogP) is 2.47. The van der Waals surface area contributed by atoms with Gasteiger partial charge in [-0.3, -0.25) is 4.79 Å². The molecule has 2 aromatic rings. The van der Waals surface area contributed by atoms with Gasteiger partial charge in [-0.05, 0) is 25.1 Å². The van der Waals surface area contributed by atoms with E-state index in [2.05, 4.69) is 41.9 Å². The van der Waals surface area contributed by atoms with E-state index in [0.29, 0.717) is 0 Å². The van der Waals surface area contributed by atoms with Crippen LogP contribution in [0.3, 0.4) is 0 Å². The summed E-state index contributed by atoms with van der Waals surface area (Å²) in [5.41, 5.74) is -1.02. The Balaban J connectivity index is 2.20. The lowest BCUT2D eigenvalue weighted by Crippen LogP contribution is -2.27. The summed E-state index contributed by atoms with van der Waals surface area (Å²) in [5, 5.41) is 15.4. The van der Waals surface area contributed by atoms with Gasteiger partial charge in [-0.25, -0.2) is 0 Å². The third-order valence-corrected chi connectivity index (χ3v) is 3.32. The molecule has 1 aromatic carbocycles. The average molecular weight is 364 g/mol. The molecule has 0 aliphatic heterocycles. The van der Waals surface area contributed by atoms with Gasteiger partial charge in [0.25, 0.3) is 5.91 Å². The molecule has 1 amide bonds. The average Bonchev–Trinajstić information content (AvgIpc) is 2.91. The van der Waals surface area contributed by atoms with E-state index in [1.807, 2.05) is 0 Å². The molecule has 1 atom stereocenters. The third kappa shape index (κ3) is 3.57. The van der Waals surface area contributed by atoms with Gasteiger partial charge >= 0.3 is 6.18 Å². The molecule has 0 bridgehead atoms. The normalized spacial score (nSPS) is 13.0. The quantitative estimate of drug-likeness (QED) is 0.877. The van der Waals surface area contributed by atoms with Crippen LogP contribution >= 0.6 is 15.9 Å². The van der Waals surface area contributed by atoms with Crippen LogP contribution < -0.4 is 5.32 Å². The van der Waals surface area contributed by atoms with E-state index in [1.165, 1.54) is 12.1 Å². The number of aromatic amines is 1. The van der Waals surface area contributed by atoms with Gasteiger partial charge in [-0.1, -0.05) is 21.1 Å². The first-order chi connectivity index (χ1) is 9.79. The maximum Gasteiger partial charge on any atom is 0.417 e. The van der Waals surface area contributed by atoms with Crippen molar-refractivity contribution in [3.05, 3.63) is 39.6 Å². The van der Waals surface area contributed by atoms with Gasteiger partial charge in [-0.2, -0.15) is 18.4 Å². The first kappa shape index (κ1) is 15.4. The molecule has 112 valence electrons. The number of aromatic nitrogens is 4. The largest absolute Gasteiger partial charge is 0.417 e. The fourth-order valence-electron chi connectivity index (χ4n) is 1.58. The van der Waals surface area contributed by atoms with E-state index < -0.39 is 23.7 Å². The molecule has 0 saturated heterocycles. The zero-order chi connectivity index (χ0) is 15.6. The summed E-state index contributed by atoms with van der Waals surface area (Å²) in [6.07, 6.45) is -4.55. The maximum atomic E-state index is 12.8. The Morgan fingerprint density at radius 2 is 2.14 bits per heavy atom. The summed E-state index contributed by atoms with van der Waals surface area (Å²) in [7, 11) is 0. The standard InChI is InChI=1S/C11H9BrF3N5O/c1-5(9-17-19-20-18-9)16-10(21)6-2-3-8(12)7(4-6)11(13,14)15/h2-5H,1H3,(H,16,21)(H,17,18,19,20). The van der Waals surface area contributed by atoms with Crippen molar-refractivity contribution in [1.29, 1.82) is 0 Å². The molecule has 0 spiro atoms. The summed E-state index contributed by atoms with van der Waals surface area (Å²) >= 11 is 2.81. The molecule has 0 aliphatic rings. The lowest BCUT2D eigenvalue weighted by atomic mass is 10.1. The van der Waals surface area contributed by atoms with E-state index >= 15 is 0 Å². The number of carbonyl (C=O) groups excluding carboxylic acids is 1. The van der Waals surface area contributed by atoms with Gasteiger partial charge in [0.15, 0.2) is 5.82 Å². The number of carbonyl (C=O) groups is 1. The number of halogens is 4. The topological polar surface area (TPSA) is 83.6 Å². The molecule has 0 radical (unpaired) electrons. The Kier molecular flexibility index (Phi) is 4.26. The zero-order valence-corrected chi connectivity index (χ0v) is 12.2. The first-order valence-electron chi connectivity index (χ1n) is 5.70. The Labute approximate surface area is 125 Å². The monoisotopic (exact) mass is 363 g/mol. The minimum Gasteiger partial charge on any atom is -0.342 e. The van der Waals surface area contributed by atoms with Crippen molar-refractivity contribution >= 4 is 21.8 Å². The Bertz CT molecular complexity index is 644. The fraction of sp³-hybridized carbons (Fsp3) is 0.273. The zero-order valence-electron chi connectivity index (χ0n) is 10.6. The molecule has 0 aliphatic carbocycles. The Morgan fingerprint density at radius 1 is 1.43 bits per heavy atom. The number of tetrazole rings is 1. The number of hydrogen-bond acceptors (Lipinski definition) is 4. The molecule has 1 aromatic heterocycles. The molecule has 10 heteroatoms. The molecular formula is C11H9BrF3N5O. The summed E-state index contributed by atoms with van der Waals surface area (Å²) < 4.78 is 38.2. The van der Waals surface area contributed by atoms with Crippen LogP contribution in [0.5, 0.6) is 0 Å². The summed E-state index contributed by atoms with van der Waals surface area (Å²) in [4.78, 5) is 12.0. The van der Waals surface area contributed by atoms with Crippen molar-refractivity contribution in [3.63, 3.8) is 0 Å². The van der Waals surface area contributed by atoms with Crippen LogP contribution in [0.15, 0.2) is 22.7 Å². The van der Waals surface area contributed by atoms with Gasteiger partial charge in [0.2, 0.25) is 0 Å². The number of rotatable bonds is 3. The van der Waals surface area contributed by atoms with Gasteiger partial charge in [0, 0.05) is 10.0 Å². The van der Waals surface area contributed by atoms with Crippen molar-refractivity contribution in [1.82, 2.24) is 25.9 Å². The minimum atomic E-state index is -4.55. The summed E-state index contributed by atoms with van der Waals surface area (Å²) in [6, 6.07) is 2.66. The van der Waals surface area contributed by atoms with Crippen LogP contribution in [0.2, 0.25) is 0 Å². The third-order valence-electron chi connectivity index (χ3n) is 2.63. The van der Waals surface area contributed by atoms with E-state index in [-0.39, 0.29) is 15.9 Å². The van der Waals surface area contributed by atoms with Crippen LogP contribution in [-0.2, 0) is 6.18 Å². The van der Waals surface area contributed by atoms with E-state index in [4.69, 9.17) is 0 Å². The second-order valence-electron chi connectivity index (χ2n) is 4.16. The number of nitrogens with zero attached hydrogens (tertiary/aromatic N) is 3. The summed E-state index contributed by atoms with van der Waals surface area (Å²) in [5.74, 6) is -0.429. The van der Waals surface area contributed by atoms with Gasteiger partial charge in [-0.15, -0.1) is 10.2 Å². The first-order valence-corrected chi connectivity index (χ1v) is 6.49. The fourth-order valence-corrected chi connectivity index (χ4v) is 2.05. The van der Waals surface area contributed by atoms with E-state index in [9.17, 15) is 18.0 Å². The van der Waals surface area contributed by atoms with Crippen LogP contribution in [0.25, 0.3) is 0 Å². The molecule has 2 rings (SSSR count). The van der Waals surface area contributed by atoms with Crippen molar-refractivity contribution in [2.45, 2.75) is 19.1 Å².